The molecule has 26 heavy (non-hydrogen) atoms. The Morgan fingerprint density at radius 1 is 1.15 bits per heavy atom. The second-order valence-electron chi connectivity index (χ2n) is 7.16. The van der Waals surface area contributed by atoms with E-state index < -0.39 is 10.0 Å². The van der Waals surface area contributed by atoms with Crippen LogP contribution in [0.4, 0.5) is 0 Å². The maximum atomic E-state index is 12.9. The maximum Gasteiger partial charge on any atom is 0.243 e. The van der Waals surface area contributed by atoms with Gasteiger partial charge in [-0.3, -0.25) is 4.79 Å². The summed E-state index contributed by atoms with van der Waals surface area (Å²) in [4.78, 5) is 16.4. The van der Waals surface area contributed by atoms with Crippen molar-refractivity contribution in [2.75, 3.05) is 53.4 Å². The highest BCUT2D eigenvalue weighted by Crippen LogP contribution is 2.26. The number of sulfonamides is 1. The highest BCUT2D eigenvalue weighted by Gasteiger charge is 2.36. The molecule has 0 spiro atoms. The van der Waals surface area contributed by atoms with Crippen molar-refractivity contribution in [3.63, 3.8) is 0 Å². The van der Waals surface area contributed by atoms with Crippen molar-refractivity contribution in [1.29, 1.82) is 0 Å². The first-order valence-corrected chi connectivity index (χ1v) is 10.6. The van der Waals surface area contributed by atoms with Gasteiger partial charge in [0.25, 0.3) is 0 Å². The van der Waals surface area contributed by atoms with Gasteiger partial charge in [0.2, 0.25) is 15.9 Å². The number of amides is 1. The zero-order valence-corrected chi connectivity index (χ0v) is 16.3. The van der Waals surface area contributed by atoms with Crippen molar-refractivity contribution >= 4 is 15.9 Å². The Bertz CT molecular complexity index is 727. The van der Waals surface area contributed by atoms with Gasteiger partial charge in [-0.05, 0) is 37.1 Å². The molecule has 0 bridgehead atoms. The van der Waals surface area contributed by atoms with Crippen LogP contribution in [0.1, 0.15) is 12.8 Å². The number of rotatable bonds is 4. The monoisotopic (exact) mass is 382 g/mol. The summed E-state index contributed by atoms with van der Waals surface area (Å²) in [6, 6.07) is 6.41. The highest BCUT2D eigenvalue weighted by atomic mass is 32.2. The third-order valence-corrected chi connectivity index (χ3v) is 7.24. The van der Waals surface area contributed by atoms with Crippen LogP contribution in [-0.4, -0.2) is 77.0 Å². The number of carbonyl (C=O) groups is 1. The van der Waals surface area contributed by atoms with Gasteiger partial charge >= 0.3 is 0 Å². The van der Waals surface area contributed by atoms with E-state index in [0.717, 1.165) is 32.6 Å². The van der Waals surface area contributed by atoms with Gasteiger partial charge in [-0.2, -0.15) is 4.31 Å². The van der Waals surface area contributed by atoms with Crippen LogP contribution in [0, 0.1) is 5.92 Å². The molecule has 0 aromatic heterocycles. The number of nitrogens with zero attached hydrogens (tertiary/aromatic N) is 2. The second-order valence-corrected chi connectivity index (χ2v) is 9.10. The molecule has 2 saturated heterocycles. The van der Waals surface area contributed by atoms with Gasteiger partial charge in [-0.15, -0.1) is 0 Å². The predicted molar refractivity (Wildman–Crippen MR) is 97.7 cm³/mol. The first kappa shape index (κ1) is 19.1. The molecule has 1 aromatic rings. The Morgan fingerprint density at radius 3 is 2.42 bits per heavy atom. The molecule has 2 fully saturated rings. The van der Waals surface area contributed by atoms with E-state index in [4.69, 9.17) is 4.74 Å². The normalized spacial score (nSPS) is 23.0. The van der Waals surface area contributed by atoms with Gasteiger partial charge in [0.05, 0.1) is 51.1 Å². The number of likely N-dealkylation sites (N-methyl/N-ethyl adjacent to an activating group) is 1. The minimum atomic E-state index is -3.59. The Balaban J connectivity index is 1.69. The van der Waals surface area contributed by atoms with Gasteiger partial charge in [0, 0.05) is 13.1 Å². The molecule has 2 heterocycles. The van der Waals surface area contributed by atoms with Gasteiger partial charge < -0.3 is 14.5 Å². The summed E-state index contributed by atoms with van der Waals surface area (Å²) in [7, 11) is 0.0863. The largest absolute Gasteiger partial charge is 0.497 e. The molecule has 0 saturated carbocycles. The van der Waals surface area contributed by atoms with Crippen LogP contribution in [-0.2, 0) is 14.8 Å². The van der Waals surface area contributed by atoms with Gasteiger partial charge in [-0.25, -0.2) is 8.42 Å². The van der Waals surface area contributed by atoms with Gasteiger partial charge in [0.1, 0.15) is 5.75 Å². The zero-order valence-electron chi connectivity index (χ0n) is 15.5. The van der Waals surface area contributed by atoms with Crippen molar-refractivity contribution in [3.05, 3.63) is 24.3 Å². The second kappa shape index (κ2) is 7.94. The van der Waals surface area contributed by atoms with Crippen molar-refractivity contribution < 1.29 is 22.8 Å². The molecule has 1 atom stereocenters. The number of carbonyl (C=O) groups excluding carboxylic acids is 1. The van der Waals surface area contributed by atoms with Crippen LogP contribution < -0.4 is 9.64 Å². The molecule has 1 amide bonds. The summed E-state index contributed by atoms with van der Waals surface area (Å²) >= 11 is 0. The molecule has 144 valence electrons. The lowest BCUT2D eigenvalue weighted by Crippen LogP contribution is -3.12. The zero-order chi connectivity index (χ0) is 18.7. The quantitative estimate of drug-likeness (QED) is 0.759. The highest BCUT2D eigenvalue weighted by molar-refractivity contribution is 7.89. The fourth-order valence-corrected chi connectivity index (χ4v) is 5.15. The van der Waals surface area contributed by atoms with E-state index in [1.54, 1.807) is 31.4 Å². The number of ether oxygens (including phenoxy) is 1. The molecular weight excluding hydrogens is 354 g/mol. The lowest BCUT2D eigenvalue weighted by molar-refractivity contribution is -0.883. The average molecular weight is 383 g/mol. The molecule has 0 aliphatic carbocycles. The first-order chi connectivity index (χ1) is 12.4. The van der Waals surface area contributed by atoms with Crippen molar-refractivity contribution in [3.8, 4) is 5.75 Å². The minimum absolute atomic E-state index is 0.104. The first-order valence-electron chi connectivity index (χ1n) is 9.16. The standard InChI is InChI=1S/C18H27N3O4S/c1-19-10-12-20(13-11-19)18(22)15-4-3-9-21(14-15)26(23,24)17-7-5-16(25-2)6-8-17/h5-8,15H,3-4,9-14H2,1-2H3/p+1/t15-/m1/s1. The molecule has 2 aliphatic rings. The summed E-state index contributed by atoms with van der Waals surface area (Å²) in [5.74, 6) is 0.482. The third kappa shape index (κ3) is 4.02. The number of benzene rings is 1. The average Bonchev–Trinajstić information content (AvgIpc) is 2.68. The number of piperazine rings is 1. The lowest BCUT2D eigenvalue weighted by atomic mass is 9.98. The van der Waals surface area contributed by atoms with Crippen LogP contribution in [0.3, 0.4) is 0 Å². The molecule has 1 aromatic carbocycles. The fourth-order valence-electron chi connectivity index (χ4n) is 3.63. The topological polar surface area (TPSA) is 71.4 Å². The van der Waals surface area contributed by atoms with E-state index in [-0.39, 0.29) is 23.3 Å². The van der Waals surface area contributed by atoms with Crippen molar-refractivity contribution in [1.82, 2.24) is 9.21 Å². The van der Waals surface area contributed by atoms with E-state index in [2.05, 4.69) is 7.05 Å². The number of hydrogen-bond acceptors (Lipinski definition) is 4. The Kier molecular flexibility index (Phi) is 5.84. The molecule has 7 nitrogen and oxygen atoms in total. The maximum absolute atomic E-state index is 12.9. The van der Waals surface area contributed by atoms with Crippen molar-refractivity contribution in [2.24, 2.45) is 5.92 Å². The van der Waals surface area contributed by atoms with Crippen LogP contribution >= 0.6 is 0 Å². The van der Waals surface area contributed by atoms with E-state index in [9.17, 15) is 13.2 Å². The van der Waals surface area contributed by atoms with E-state index in [1.807, 2.05) is 4.90 Å². The third-order valence-electron chi connectivity index (χ3n) is 5.36. The van der Waals surface area contributed by atoms with Crippen molar-refractivity contribution in [2.45, 2.75) is 17.7 Å². The van der Waals surface area contributed by atoms with E-state index in [0.29, 0.717) is 18.7 Å². The summed E-state index contributed by atoms with van der Waals surface area (Å²) in [6.45, 7) is 4.15. The van der Waals surface area contributed by atoms with Crippen LogP contribution in [0.15, 0.2) is 29.2 Å². The summed E-state index contributed by atoms with van der Waals surface area (Å²) in [6.07, 6.45) is 1.47. The molecule has 0 unspecified atom stereocenters. The molecule has 1 N–H and O–H groups in total. The summed E-state index contributed by atoms with van der Waals surface area (Å²) < 4.78 is 32.4. The molecule has 0 radical (unpaired) electrons. The number of quaternary nitrogens is 1. The smallest absolute Gasteiger partial charge is 0.243 e. The van der Waals surface area contributed by atoms with Gasteiger partial charge in [0.15, 0.2) is 0 Å². The van der Waals surface area contributed by atoms with Gasteiger partial charge in [-0.1, -0.05) is 0 Å². The predicted octanol–water partition coefficient (Wildman–Crippen LogP) is -0.547. The van der Waals surface area contributed by atoms with Crippen LogP contribution in [0.2, 0.25) is 0 Å². The van der Waals surface area contributed by atoms with Crippen LogP contribution in [0.5, 0.6) is 5.75 Å². The fraction of sp³-hybridized carbons (Fsp3) is 0.611. The molecule has 3 rings (SSSR count). The molecular formula is C18H28N3O4S+. The molecule has 8 heteroatoms. The number of hydrogen-bond donors (Lipinski definition) is 1. The Labute approximate surface area is 155 Å². The lowest BCUT2D eigenvalue weighted by Gasteiger charge is -2.36. The number of methoxy groups -OCH3 is 1. The summed E-state index contributed by atoms with van der Waals surface area (Å²) in [5, 5.41) is 0. The number of nitrogens with one attached hydrogen (secondary N) is 1. The van der Waals surface area contributed by atoms with E-state index >= 15 is 0 Å². The molecule has 2 aliphatic heterocycles. The SMILES string of the molecule is COc1ccc(S(=O)(=O)N2CCC[C@@H](C(=O)N3CC[NH+](C)CC3)C2)cc1. The van der Waals surface area contributed by atoms with Crippen LogP contribution in [0.25, 0.3) is 0 Å². The Hall–Kier alpha value is -1.64. The minimum Gasteiger partial charge on any atom is -0.497 e. The summed E-state index contributed by atoms with van der Waals surface area (Å²) in [5.41, 5.74) is 0. The van der Waals surface area contributed by atoms with E-state index in [1.165, 1.54) is 9.21 Å². The number of piperidine rings is 1. The Morgan fingerprint density at radius 2 is 1.81 bits per heavy atom.